The maximum atomic E-state index is 9.81. The Morgan fingerprint density at radius 1 is 2.00 bits per heavy atom. The molecule has 1 atom stereocenters. The van der Waals surface area contributed by atoms with Crippen molar-refractivity contribution in [1.29, 1.82) is 0 Å². The second kappa shape index (κ2) is 3.07. The quantitative estimate of drug-likeness (QED) is 0.456. The number of carbonyl (C=O) groups excluding carboxylic acids is 1. The molecule has 0 radical (unpaired) electrons. The first-order chi connectivity index (χ1) is 3.68. The number of hydrogen-bond acceptors (Lipinski definition) is 3. The Kier molecular flexibility index (Phi) is 2.69. The highest BCUT2D eigenvalue weighted by atomic mass is 16.5. The third kappa shape index (κ3) is 2.23. The highest BCUT2D eigenvalue weighted by Gasteiger charge is 1.96. The fourth-order valence-electron chi connectivity index (χ4n) is 0.200. The molecule has 0 fully saturated rings. The van der Waals surface area contributed by atoms with E-state index in [-0.39, 0.29) is 0 Å². The number of carbonyl (C=O) groups is 1. The summed E-state index contributed by atoms with van der Waals surface area (Å²) in [4.78, 5) is 9.81. The van der Waals surface area contributed by atoms with Crippen LogP contribution in [0.5, 0.6) is 0 Å². The minimum Gasteiger partial charge on any atom is -0.546 e. The van der Waals surface area contributed by atoms with Gasteiger partial charge < -0.3 is 14.6 Å². The fraction of sp³-hybridized carbons (Fsp3) is 0.400. The number of rotatable bonds is 3. The molecule has 8 heavy (non-hydrogen) atoms. The molecular weight excluding hydrogens is 108 g/mol. The molecule has 0 bridgehead atoms. The monoisotopic (exact) mass is 115 g/mol. The van der Waals surface area contributed by atoms with Crippen molar-refractivity contribution in [2.24, 2.45) is 0 Å². The molecule has 0 amide bonds. The molecule has 0 aliphatic heterocycles. The van der Waals surface area contributed by atoms with Crippen LogP contribution in [0.2, 0.25) is 0 Å². The minimum atomic E-state index is -1.23. The van der Waals surface area contributed by atoms with E-state index in [1.54, 1.807) is 0 Å². The van der Waals surface area contributed by atoms with E-state index in [1.165, 1.54) is 6.92 Å². The van der Waals surface area contributed by atoms with Crippen LogP contribution in [0.3, 0.4) is 0 Å². The van der Waals surface area contributed by atoms with Gasteiger partial charge in [0, 0.05) is 0 Å². The number of hydrogen-bond donors (Lipinski definition) is 0. The zero-order valence-electron chi connectivity index (χ0n) is 4.59. The predicted octanol–water partition coefficient (Wildman–Crippen LogP) is -0.715. The lowest BCUT2D eigenvalue weighted by atomic mass is 10.4. The highest BCUT2D eigenvalue weighted by Crippen LogP contribution is 1.85. The molecule has 0 rings (SSSR count). The Bertz CT molecular complexity index is 97.8. The molecular formula is C5H7O3-. The Morgan fingerprint density at radius 3 is 2.62 bits per heavy atom. The third-order valence-electron chi connectivity index (χ3n) is 0.632. The van der Waals surface area contributed by atoms with Gasteiger partial charge in [0.25, 0.3) is 0 Å². The molecule has 0 heterocycles. The van der Waals surface area contributed by atoms with Gasteiger partial charge in [0.15, 0.2) is 0 Å². The average molecular weight is 115 g/mol. The highest BCUT2D eigenvalue weighted by molar-refractivity contribution is 5.69. The summed E-state index contributed by atoms with van der Waals surface area (Å²) < 4.78 is 4.41. The number of carboxylic acid groups (broad SMARTS) is 1. The summed E-state index contributed by atoms with van der Waals surface area (Å²) in [5.41, 5.74) is 0. The summed E-state index contributed by atoms with van der Waals surface area (Å²) >= 11 is 0. The molecule has 0 saturated heterocycles. The van der Waals surface area contributed by atoms with Gasteiger partial charge in [0.2, 0.25) is 0 Å². The van der Waals surface area contributed by atoms with Gasteiger partial charge in [-0.2, -0.15) is 0 Å². The zero-order valence-corrected chi connectivity index (χ0v) is 4.59. The van der Waals surface area contributed by atoms with Crippen LogP contribution in [0.15, 0.2) is 12.8 Å². The molecule has 1 unspecified atom stereocenters. The molecule has 3 nitrogen and oxygen atoms in total. The lowest BCUT2D eigenvalue weighted by Gasteiger charge is -2.10. The van der Waals surface area contributed by atoms with Gasteiger partial charge in [-0.3, -0.25) is 0 Å². The second-order valence-electron chi connectivity index (χ2n) is 1.26. The summed E-state index contributed by atoms with van der Waals surface area (Å²) in [6.45, 7) is 4.54. The van der Waals surface area contributed by atoms with Crippen molar-refractivity contribution in [2.75, 3.05) is 0 Å². The summed E-state index contributed by atoms with van der Waals surface area (Å²) in [6.07, 6.45) is 0.174. The lowest BCUT2D eigenvalue weighted by Crippen LogP contribution is -2.34. The first-order valence-corrected chi connectivity index (χ1v) is 2.15. The standard InChI is InChI=1S/C5H8O3/c1-3-8-4(2)5(6)7/h3-4H,1H2,2H3,(H,6,7)/p-1. The van der Waals surface area contributed by atoms with Crippen molar-refractivity contribution in [3.05, 3.63) is 12.8 Å². The van der Waals surface area contributed by atoms with E-state index in [4.69, 9.17) is 0 Å². The first-order valence-electron chi connectivity index (χ1n) is 2.15. The molecule has 0 aromatic rings. The molecule has 0 aromatic heterocycles. The summed E-state index contributed by atoms with van der Waals surface area (Å²) in [5.74, 6) is -1.23. The maximum Gasteiger partial charge on any atom is 0.134 e. The van der Waals surface area contributed by atoms with Gasteiger partial charge in [-0.15, -0.1) is 0 Å². The van der Waals surface area contributed by atoms with Gasteiger partial charge >= 0.3 is 0 Å². The van der Waals surface area contributed by atoms with Crippen molar-refractivity contribution in [2.45, 2.75) is 13.0 Å². The largest absolute Gasteiger partial charge is 0.546 e. The molecule has 0 spiro atoms. The van der Waals surface area contributed by atoms with E-state index in [2.05, 4.69) is 11.3 Å². The SMILES string of the molecule is C=COC(C)C(=O)[O-]. The molecule has 0 aliphatic carbocycles. The molecule has 0 aromatic carbocycles. The van der Waals surface area contributed by atoms with E-state index in [9.17, 15) is 9.90 Å². The van der Waals surface area contributed by atoms with Crippen LogP contribution >= 0.6 is 0 Å². The van der Waals surface area contributed by atoms with Crippen LogP contribution in [0, 0.1) is 0 Å². The van der Waals surface area contributed by atoms with Gasteiger partial charge in [-0.05, 0) is 6.92 Å². The van der Waals surface area contributed by atoms with Crippen LogP contribution < -0.4 is 5.11 Å². The van der Waals surface area contributed by atoms with Crippen LogP contribution in [0.25, 0.3) is 0 Å². The zero-order chi connectivity index (χ0) is 6.57. The van der Waals surface area contributed by atoms with Gasteiger partial charge in [-0.1, -0.05) is 6.58 Å². The Balaban J connectivity index is 3.46. The fourth-order valence-corrected chi connectivity index (χ4v) is 0.200. The number of ether oxygens (including phenoxy) is 1. The first kappa shape index (κ1) is 7.01. The third-order valence-corrected chi connectivity index (χ3v) is 0.632. The normalized spacial score (nSPS) is 12.1. The van der Waals surface area contributed by atoms with Crippen LogP contribution in [-0.4, -0.2) is 12.1 Å². The summed E-state index contributed by atoms with van der Waals surface area (Å²) in [6, 6.07) is 0. The Labute approximate surface area is 47.6 Å². The smallest absolute Gasteiger partial charge is 0.134 e. The van der Waals surface area contributed by atoms with Crippen molar-refractivity contribution < 1.29 is 14.6 Å². The molecule has 46 valence electrons. The van der Waals surface area contributed by atoms with Crippen molar-refractivity contribution in [3.63, 3.8) is 0 Å². The van der Waals surface area contributed by atoms with Gasteiger partial charge in [0.1, 0.15) is 6.10 Å². The van der Waals surface area contributed by atoms with Crippen LogP contribution in [0.1, 0.15) is 6.92 Å². The average Bonchev–Trinajstić information content (AvgIpc) is 1.67. The minimum absolute atomic E-state index is 0.896. The van der Waals surface area contributed by atoms with E-state index < -0.39 is 12.1 Å². The molecule has 0 aliphatic rings. The van der Waals surface area contributed by atoms with Gasteiger partial charge in [-0.25, -0.2) is 0 Å². The van der Waals surface area contributed by atoms with E-state index in [0.29, 0.717) is 0 Å². The van der Waals surface area contributed by atoms with Crippen molar-refractivity contribution in [3.8, 4) is 0 Å². The van der Waals surface area contributed by atoms with E-state index >= 15 is 0 Å². The maximum absolute atomic E-state index is 9.81. The predicted molar refractivity (Wildman–Crippen MR) is 25.8 cm³/mol. The summed E-state index contributed by atoms with van der Waals surface area (Å²) in [7, 11) is 0. The molecule has 3 heteroatoms. The number of carboxylic acids is 1. The Hall–Kier alpha value is -0.990. The van der Waals surface area contributed by atoms with E-state index in [1.807, 2.05) is 0 Å². The number of aliphatic carboxylic acids is 1. The van der Waals surface area contributed by atoms with E-state index in [0.717, 1.165) is 6.26 Å². The summed E-state index contributed by atoms with van der Waals surface area (Å²) in [5, 5.41) is 9.81. The lowest BCUT2D eigenvalue weighted by molar-refractivity contribution is -0.314. The second-order valence-corrected chi connectivity index (χ2v) is 1.26. The Morgan fingerprint density at radius 2 is 2.50 bits per heavy atom. The van der Waals surface area contributed by atoms with Crippen molar-refractivity contribution in [1.82, 2.24) is 0 Å². The van der Waals surface area contributed by atoms with Gasteiger partial charge in [0.05, 0.1) is 12.2 Å². The molecule has 0 saturated carbocycles. The van der Waals surface area contributed by atoms with Crippen LogP contribution in [-0.2, 0) is 9.53 Å². The van der Waals surface area contributed by atoms with Crippen molar-refractivity contribution >= 4 is 5.97 Å². The molecule has 0 N–H and O–H groups in total. The topological polar surface area (TPSA) is 49.4 Å². The van der Waals surface area contributed by atoms with Crippen LogP contribution in [0.4, 0.5) is 0 Å².